The van der Waals surface area contributed by atoms with Crippen LogP contribution in [-0.4, -0.2) is 11.2 Å². The fourth-order valence-electron chi connectivity index (χ4n) is 1.19. The Labute approximate surface area is 65.8 Å². The second-order valence-electron chi connectivity index (χ2n) is 3.00. The first kappa shape index (κ1) is 6.85. The second-order valence-corrected chi connectivity index (χ2v) is 3.00. The summed E-state index contributed by atoms with van der Waals surface area (Å²) in [5, 5.41) is 7.21. The normalized spacial score (nSPS) is 18.2. The van der Waals surface area contributed by atoms with E-state index in [1.54, 1.807) is 6.26 Å². The fourth-order valence-corrected chi connectivity index (χ4v) is 1.19. The maximum atomic E-state index is 4.71. The van der Waals surface area contributed by atoms with Gasteiger partial charge in [-0.3, -0.25) is 0 Å². The molecule has 0 saturated heterocycles. The highest BCUT2D eigenvalue weighted by Crippen LogP contribution is 2.18. The van der Waals surface area contributed by atoms with Gasteiger partial charge in [0.25, 0.3) is 0 Å². The van der Waals surface area contributed by atoms with Crippen LogP contribution in [0.4, 0.5) is 0 Å². The Morgan fingerprint density at radius 3 is 3.09 bits per heavy atom. The van der Waals surface area contributed by atoms with Crippen LogP contribution in [0.15, 0.2) is 16.9 Å². The van der Waals surface area contributed by atoms with Gasteiger partial charge in [0, 0.05) is 18.7 Å². The summed E-state index contributed by atoms with van der Waals surface area (Å²) in [7, 11) is 0. The van der Waals surface area contributed by atoms with Crippen molar-refractivity contribution in [2.24, 2.45) is 0 Å². The average molecular weight is 152 g/mol. The first-order chi connectivity index (χ1) is 5.45. The van der Waals surface area contributed by atoms with E-state index >= 15 is 0 Å². The van der Waals surface area contributed by atoms with Crippen molar-refractivity contribution in [1.82, 2.24) is 10.5 Å². The number of hydrogen-bond donors (Lipinski definition) is 1. The third kappa shape index (κ3) is 1.60. The Hall–Kier alpha value is -0.830. The van der Waals surface area contributed by atoms with Crippen molar-refractivity contribution in [3.8, 4) is 0 Å². The van der Waals surface area contributed by atoms with Crippen molar-refractivity contribution in [2.45, 2.75) is 31.8 Å². The van der Waals surface area contributed by atoms with Crippen molar-refractivity contribution >= 4 is 0 Å². The predicted molar refractivity (Wildman–Crippen MR) is 41.0 cm³/mol. The molecule has 0 bridgehead atoms. The smallest absolute Gasteiger partial charge is 0.124 e. The monoisotopic (exact) mass is 152 g/mol. The van der Waals surface area contributed by atoms with E-state index in [9.17, 15) is 0 Å². The van der Waals surface area contributed by atoms with E-state index in [4.69, 9.17) is 4.52 Å². The molecule has 2 rings (SSSR count). The van der Waals surface area contributed by atoms with E-state index in [1.807, 2.05) is 6.07 Å². The minimum absolute atomic E-state index is 0.728. The molecule has 11 heavy (non-hydrogen) atoms. The zero-order valence-electron chi connectivity index (χ0n) is 6.42. The van der Waals surface area contributed by atoms with Crippen molar-refractivity contribution in [2.75, 3.05) is 0 Å². The van der Waals surface area contributed by atoms with Crippen LogP contribution in [0.2, 0.25) is 0 Å². The molecule has 0 atom stereocenters. The van der Waals surface area contributed by atoms with Crippen molar-refractivity contribution in [3.05, 3.63) is 18.0 Å². The Morgan fingerprint density at radius 1 is 1.64 bits per heavy atom. The maximum Gasteiger partial charge on any atom is 0.124 e. The number of hydrogen-bond acceptors (Lipinski definition) is 3. The molecule has 0 amide bonds. The van der Waals surface area contributed by atoms with E-state index in [-0.39, 0.29) is 0 Å². The summed E-state index contributed by atoms with van der Waals surface area (Å²) < 4.78 is 4.71. The van der Waals surface area contributed by atoms with Crippen molar-refractivity contribution in [3.63, 3.8) is 0 Å². The standard InChI is InChI=1S/C8H12N2O/c1-2-7(3-1)9-6-8-4-5-11-10-8/h4-5,7,9H,1-3,6H2. The van der Waals surface area contributed by atoms with Crippen LogP contribution >= 0.6 is 0 Å². The van der Waals surface area contributed by atoms with E-state index in [2.05, 4.69) is 10.5 Å². The average Bonchev–Trinajstić information content (AvgIpc) is 2.36. The third-order valence-corrected chi connectivity index (χ3v) is 2.17. The second kappa shape index (κ2) is 3.05. The van der Waals surface area contributed by atoms with Crippen molar-refractivity contribution < 1.29 is 4.52 Å². The van der Waals surface area contributed by atoms with Crippen LogP contribution in [0, 0.1) is 0 Å². The summed E-state index contributed by atoms with van der Waals surface area (Å²) in [5.74, 6) is 0. The molecule has 3 heteroatoms. The summed E-state index contributed by atoms with van der Waals surface area (Å²) >= 11 is 0. The summed E-state index contributed by atoms with van der Waals surface area (Å²) in [6.45, 7) is 0.848. The van der Waals surface area contributed by atoms with Gasteiger partial charge >= 0.3 is 0 Å². The predicted octanol–water partition coefficient (Wildman–Crippen LogP) is 1.32. The lowest BCUT2D eigenvalue weighted by Crippen LogP contribution is -2.34. The van der Waals surface area contributed by atoms with Crippen LogP contribution in [0.1, 0.15) is 25.0 Å². The summed E-state index contributed by atoms with van der Waals surface area (Å²) in [4.78, 5) is 0. The largest absolute Gasteiger partial charge is 0.364 e. The minimum Gasteiger partial charge on any atom is -0.364 e. The fraction of sp³-hybridized carbons (Fsp3) is 0.625. The molecular formula is C8H12N2O. The first-order valence-corrected chi connectivity index (χ1v) is 4.08. The molecule has 0 spiro atoms. The van der Waals surface area contributed by atoms with Crippen LogP contribution in [0.3, 0.4) is 0 Å². The van der Waals surface area contributed by atoms with Gasteiger partial charge in [-0.25, -0.2) is 0 Å². The zero-order valence-corrected chi connectivity index (χ0v) is 6.42. The molecule has 1 aromatic heterocycles. The Balaban J connectivity index is 1.74. The van der Waals surface area contributed by atoms with Gasteiger partial charge < -0.3 is 9.84 Å². The highest BCUT2D eigenvalue weighted by molar-refractivity contribution is 4.95. The van der Waals surface area contributed by atoms with Gasteiger partial charge in [0.15, 0.2) is 0 Å². The van der Waals surface area contributed by atoms with Gasteiger partial charge in [-0.2, -0.15) is 0 Å². The molecule has 1 aliphatic carbocycles. The Kier molecular flexibility index (Phi) is 1.90. The summed E-state index contributed by atoms with van der Waals surface area (Å²) in [6, 6.07) is 2.62. The lowest BCUT2D eigenvalue weighted by Gasteiger charge is -2.25. The number of nitrogens with zero attached hydrogens (tertiary/aromatic N) is 1. The first-order valence-electron chi connectivity index (χ1n) is 4.08. The van der Waals surface area contributed by atoms with Crippen LogP contribution in [0.5, 0.6) is 0 Å². The Morgan fingerprint density at radius 2 is 2.55 bits per heavy atom. The number of nitrogens with one attached hydrogen (secondary N) is 1. The topological polar surface area (TPSA) is 38.1 Å². The molecule has 1 fully saturated rings. The van der Waals surface area contributed by atoms with Crippen molar-refractivity contribution in [1.29, 1.82) is 0 Å². The quantitative estimate of drug-likeness (QED) is 0.709. The molecule has 1 aliphatic rings. The molecule has 1 aromatic rings. The molecule has 0 aliphatic heterocycles. The molecule has 0 radical (unpaired) electrons. The van der Waals surface area contributed by atoms with Gasteiger partial charge in [-0.15, -0.1) is 0 Å². The van der Waals surface area contributed by atoms with Gasteiger partial charge in [0.2, 0.25) is 0 Å². The van der Waals surface area contributed by atoms with E-state index in [0.29, 0.717) is 0 Å². The van der Waals surface area contributed by atoms with Crippen LogP contribution in [-0.2, 0) is 6.54 Å². The molecule has 3 nitrogen and oxygen atoms in total. The lowest BCUT2D eigenvalue weighted by atomic mass is 9.93. The molecule has 1 heterocycles. The molecule has 0 unspecified atom stereocenters. The Bertz CT molecular complexity index is 204. The van der Waals surface area contributed by atoms with E-state index in [0.717, 1.165) is 18.3 Å². The highest BCUT2D eigenvalue weighted by Gasteiger charge is 2.16. The highest BCUT2D eigenvalue weighted by atomic mass is 16.5. The minimum atomic E-state index is 0.728. The summed E-state index contributed by atoms with van der Waals surface area (Å²) in [6.07, 6.45) is 5.62. The van der Waals surface area contributed by atoms with E-state index < -0.39 is 0 Å². The third-order valence-electron chi connectivity index (χ3n) is 2.17. The van der Waals surface area contributed by atoms with Gasteiger partial charge in [0.05, 0.1) is 5.69 Å². The molecule has 60 valence electrons. The lowest BCUT2D eigenvalue weighted by molar-refractivity contribution is 0.331. The zero-order chi connectivity index (χ0) is 7.52. The molecule has 0 aromatic carbocycles. The van der Waals surface area contributed by atoms with Crippen LogP contribution in [0.25, 0.3) is 0 Å². The van der Waals surface area contributed by atoms with Gasteiger partial charge in [-0.1, -0.05) is 11.6 Å². The molecule has 1 N–H and O–H groups in total. The number of rotatable bonds is 3. The number of aromatic nitrogens is 1. The molecular weight excluding hydrogens is 140 g/mol. The van der Waals surface area contributed by atoms with Gasteiger partial charge in [0.1, 0.15) is 6.26 Å². The van der Waals surface area contributed by atoms with Gasteiger partial charge in [-0.05, 0) is 12.8 Å². The molecule has 1 saturated carbocycles. The SMILES string of the molecule is c1cc(CNC2CCC2)no1. The van der Waals surface area contributed by atoms with E-state index in [1.165, 1.54) is 19.3 Å². The van der Waals surface area contributed by atoms with Crippen LogP contribution < -0.4 is 5.32 Å². The summed E-state index contributed by atoms with van der Waals surface area (Å²) in [5.41, 5.74) is 0.997. The maximum absolute atomic E-state index is 4.71.